The maximum atomic E-state index is 11.2. The molecular formula is C9H13NO2. The van der Waals surface area contributed by atoms with Crippen LogP contribution in [0, 0.1) is 11.8 Å². The van der Waals surface area contributed by atoms with E-state index >= 15 is 0 Å². The SMILES string of the molecule is CC(=O)C1CCC2C(C)=NOC12. The molecule has 0 aromatic rings. The number of hydrogen-bond donors (Lipinski definition) is 0. The summed E-state index contributed by atoms with van der Waals surface area (Å²) in [5, 5.41) is 3.92. The average molecular weight is 167 g/mol. The number of fused-ring (bicyclic) bond motifs is 1. The minimum absolute atomic E-state index is 0.0579. The van der Waals surface area contributed by atoms with Crippen molar-refractivity contribution in [2.24, 2.45) is 17.0 Å². The van der Waals surface area contributed by atoms with Gasteiger partial charge >= 0.3 is 0 Å². The third kappa shape index (κ3) is 0.958. The average Bonchev–Trinajstić information content (AvgIpc) is 2.53. The highest BCUT2D eigenvalue weighted by atomic mass is 16.6. The van der Waals surface area contributed by atoms with Gasteiger partial charge < -0.3 is 4.84 Å². The molecule has 3 atom stereocenters. The Bertz CT molecular complexity index is 247. The van der Waals surface area contributed by atoms with Crippen molar-refractivity contribution in [2.75, 3.05) is 0 Å². The molecule has 0 N–H and O–H groups in total. The van der Waals surface area contributed by atoms with Crippen LogP contribution in [-0.4, -0.2) is 17.6 Å². The predicted octanol–water partition coefficient (Wildman–Crippen LogP) is 1.38. The summed E-state index contributed by atoms with van der Waals surface area (Å²) in [7, 11) is 0. The maximum absolute atomic E-state index is 11.2. The largest absolute Gasteiger partial charge is 0.391 e. The van der Waals surface area contributed by atoms with E-state index in [0.717, 1.165) is 18.6 Å². The summed E-state index contributed by atoms with van der Waals surface area (Å²) in [6.07, 6.45) is 2.09. The summed E-state index contributed by atoms with van der Waals surface area (Å²) in [5.41, 5.74) is 1.06. The summed E-state index contributed by atoms with van der Waals surface area (Å²) >= 11 is 0. The van der Waals surface area contributed by atoms with Gasteiger partial charge in [0.25, 0.3) is 0 Å². The molecule has 1 fully saturated rings. The lowest BCUT2D eigenvalue weighted by atomic mass is 9.96. The smallest absolute Gasteiger partial charge is 0.145 e. The Balaban J connectivity index is 2.14. The fourth-order valence-electron chi connectivity index (χ4n) is 2.21. The van der Waals surface area contributed by atoms with Crippen molar-refractivity contribution in [2.45, 2.75) is 32.8 Å². The van der Waals surface area contributed by atoms with E-state index in [0.29, 0.717) is 5.92 Å². The van der Waals surface area contributed by atoms with Gasteiger partial charge in [0.15, 0.2) is 0 Å². The molecule has 3 unspecified atom stereocenters. The van der Waals surface area contributed by atoms with Crippen LogP contribution in [0.5, 0.6) is 0 Å². The van der Waals surface area contributed by atoms with Crippen molar-refractivity contribution in [3.63, 3.8) is 0 Å². The summed E-state index contributed by atoms with van der Waals surface area (Å²) < 4.78 is 0. The minimum Gasteiger partial charge on any atom is -0.391 e. The molecule has 0 saturated heterocycles. The van der Waals surface area contributed by atoms with E-state index < -0.39 is 0 Å². The number of carbonyl (C=O) groups excluding carboxylic acids is 1. The van der Waals surface area contributed by atoms with Gasteiger partial charge in [0.05, 0.1) is 11.6 Å². The van der Waals surface area contributed by atoms with Crippen molar-refractivity contribution in [3.8, 4) is 0 Å². The van der Waals surface area contributed by atoms with Gasteiger partial charge in [-0.25, -0.2) is 0 Å². The maximum Gasteiger partial charge on any atom is 0.145 e. The number of ketones is 1. The molecule has 0 spiro atoms. The first-order valence-corrected chi connectivity index (χ1v) is 4.41. The molecule has 0 bridgehead atoms. The lowest BCUT2D eigenvalue weighted by Gasteiger charge is -2.13. The number of oxime groups is 1. The van der Waals surface area contributed by atoms with Crippen LogP contribution >= 0.6 is 0 Å². The van der Waals surface area contributed by atoms with Gasteiger partial charge in [-0.15, -0.1) is 0 Å². The predicted molar refractivity (Wildman–Crippen MR) is 44.9 cm³/mol. The van der Waals surface area contributed by atoms with E-state index in [2.05, 4.69) is 5.16 Å². The van der Waals surface area contributed by atoms with Gasteiger partial charge in [0, 0.05) is 5.92 Å². The Hall–Kier alpha value is -0.860. The Kier molecular flexibility index (Phi) is 1.67. The van der Waals surface area contributed by atoms with Crippen LogP contribution < -0.4 is 0 Å². The normalized spacial score (nSPS) is 38.8. The Morgan fingerprint density at radius 2 is 2.33 bits per heavy atom. The van der Waals surface area contributed by atoms with Crippen molar-refractivity contribution in [1.29, 1.82) is 0 Å². The second-order valence-electron chi connectivity index (χ2n) is 3.70. The lowest BCUT2D eigenvalue weighted by Crippen LogP contribution is -2.26. The van der Waals surface area contributed by atoms with E-state index in [-0.39, 0.29) is 17.8 Å². The molecule has 1 saturated carbocycles. The molecule has 66 valence electrons. The van der Waals surface area contributed by atoms with Crippen LogP contribution in [0.4, 0.5) is 0 Å². The number of hydrogen-bond acceptors (Lipinski definition) is 3. The van der Waals surface area contributed by atoms with E-state index in [4.69, 9.17) is 4.84 Å². The van der Waals surface area contributed by atoms with Crippen LogP contribution in [-0.2, 0) is 9.63 Å². The van der Waals surface area contributed by atoms with Crippen LogP contribution in [0.3, 0.4) is 0 Å². The lowest BCUT2D eigenvalue weighted by molar-refractivity contribution is -0.124. The molecule has 12 heavy (non-hydrogen) atoms. The van der Waals surface area contributed by atoms with Crippen LogP contribution in [0.1, 0.15) is 26.7 Å². The van der Waals surface area contributed by atoms with E-state index in [1.807, 2.05) is 6.92 Å². The van der Waals surface area contributed by atoms with Gasteiger partial charge in [-0.3, -0.25) is 4.79 Å². The zero-order valence-corrected chi connectivity index (χ0v) is 7.41. The highest BCUT2D eigenvalue weighted by molar-refractivity contribution is 5.88. The Morgan fingerprint density at radius 1 is 1.58 bits per heavy atom. The third-order valence-electron chi connectivity index (χ3n) is 2.96. The Morgan fingerprint density at radius 3 is 3.00 bits per heavy atom. The molecule has 1 aliphatic heterocycles. The zero-order chi connectivity index (χ0) is 8.72. The van der Waals surface area contributed by atoms with Gasteiger partial charge in [0.2, 0.25) is 0 Å². The van der Waals surface area contributed by atoms with Gasteiger partial charge in [-0.05, 0) is 26.7 Å². The van der Waals surface area contributed by atoms with Gasteiger partial charge in [0.1, 0.15) is 11.9 Å². The van der Waals surface area contributed by atoms with E-state index in [9.17, 15) is 4.79 Å². The summed E-state index contributed by atoms with van der Waals surface area (Å²) in [4.78, 5) is 16.4. The number of rotatable bonds is 1. The Labute approximate surface area is 71.8 Å². The molecule has 3 heteroatoms. The van der Waals surface area contributed by atoms with Crippen molar-refractivity contribution in [3.05, 3.63) is 0 Å². The van der Waals surface area contributed by atoms with Crippen molar-refractivity contribution >= 4 is 11.5 Å². The summed E-state index contributed by atoms with van der Waals surface area (Å²) in [6.45, 7) is 3.62. The monoisotopic (exact) mass is 167 g/mol. The highest BCUT2D eigenvalue weighted by Gasteiger charge is 2.45. The molecule has 0 aromatic heterocycles. The van der Waals surface area contributed by atoms with Crippen LogP contribution in [0.25, 0.3) is 0 Å². The van der Waals surface area contributed by atoms with Crippen molar-refractivity contribution in [1.82, 2.24) is 0 Å². The second-order valence-corrected chi connectivity index (χ2v) is 3.70. The first kappa shape index (κ1) is 7.77. The molecule has 2 rings (SSSR count). The topological polar surface area (TPSA) is 38.7 Å². The highest BCUT2D eigenvalue weighted by Crippen LogP contribution is 2.38. The number of carbonyl (C=O) groups is 1. The molecule has 1 aliphatic carbocycles. The fraction of sp³-hybridized carbons (Fsp3) is 0.778. The third-order valence-corrected chi connectivity index (χ3v) is 2.96. The van der Waals surface area contributed by atoms with Crippen molar-refractivity contribution < 1.29 is 9.63 Å². The van der Waals surface area contributed by atoms with Crippen LogP contribution in [0.2, 0.25) is 0 Å². The second kappa shape index (κ2) is 2.57. The summed E-state index contributed by atoms with van der Waals surface area (Å²) in [6, 6.07) is 0. The molecule has 2 aliphatic rings. The molecule has 0 aromatic carbocycles. The van der Waals surface area contributed by atoms with Crippen LogP contribution in [0.15, 0.2) is 5.16 Å². The van der Waals surface area contributed by atoms with Gasteiger partial charge in [-0.2, -0.15) is 0 Å². The standard InChI is InChI=1S/C9H13NO2/c1-5-7-3-4-8(6(2)11)9(7)12-10-5/h7-9H,3-4H2,1-2H3. The first-order valence-electron chi connectivity index (χ1n) is 4.41. The van der Waals surface area contributed by atoms with E-state index in [1.165, 1.54) is 0 Å². The quantitative estimate of drug-likeness (QED) is 0.591. The van der Waals surface area contributed by atoms with Gasteiger partial charge in [-0.1, -0.05) is 5.16 Å². The number of Topliss-reactive ketones (excluding diaryl/α,β-unsaturated/α-hetero) is 1. The molecule has 1 heterocycles. The minimum atomic E-state index is 0.0579. The molecular weight excluding hydrogens is 154 g/mol. The molecule has 0 radical (unpaired) electrons. The zero-order valence-electron chi connectivity index (χ0n) is 7.41. The first-order chi connectivity index (χ1) is 5.70. The molecule has 0 amide bonds. The number of nitrogens with zero attached hydrogens (tertiary/aromatic N) is 1. The summed E-state index contributed by atoms with van der Waals surface area (Å²) in [5.74, 6) is 0.752. The fourth-order valence-corrected chi connectivity index (χ4v) is 2.21. The molecule has 3 nitrogen and oxygen atoms in total. The van der Waals surface area contributed by atoms with E-state index in [1.54, 1.807) is 6.92 Å².